The largest absolute Gasteiger partial charge is 0.354 e. The van der Waals surface area contributed by atoms with Gasteiger partial charge in [0.2, 0.25) is 0 Å². The van der Waals surface area contributed by atoms with Crippen molar-refractivity contribution in [2.24, 2.45) is 0 Å². The molecule has 1 amide bonds. The minimum atomic E-state index is -0.270. The molecular weight excluding hydrogens is 346 g/mol. The molecule has 2 saturated heterocycles. The highest BCUT2D eigenvalue weighted by atomic mass is 32.1. The molecule has 0 aromatic carbocycles. The second-order valence-corrected chi connectivity index (χ2v) is 8.38. The van der Waals surface area contributed by atoms with Gasteiger partial charge < -0.3 is 19.3 Å². The van der Waals surface area contributed by atoms with Gasteiger partial charge in [-0.05, 0) is 25.3 Å². The highest BCUT2D eigenvalue weighted by Gasteiger charge is 2.37. The molecule has 0 unspecified atom stereocenters. The Kier molecular flexibility index (Phi) is 4.46. The summed E-state index contributed by atoms with van der Waals surface area (Å²) >= 11 is 3.10. The van der Waals surface area contributed by atoms with E-state index in [0.29, 0.717) is 13.2 Å². The maximum atomic E-state index is 13.0. The molecule has 0 spiro atoms. The smallest absolute Gasteiger partial charge is 0.264 e. The van der Waals surface area contributed by atoms with Crippen molar-refractivity contribution in [2.75, 3.05) is 38.8 Å². The number of hydrogen-bond donors (Lipinski definition) is 0. The summed E-state index contributed by atoms with van der Waals surface area (Å²) in [6.45, 7) is 2.01. The van der Waals surface area contributed by atoms with E-state index < -0.39 is 0 Å². The molecule has 6 nitrogen and oxygen atoms in total. The number of likely N-dealkylation sites (tertiary alicyclic amines) is 1. The van der Waals surface area contributed by atoms with Crippen LogP contribution >= 0.6 is 22.7 Å². The van der Waals surface area contributed by atoms with Crippen LogP contribution in [0.4, 0.5) is 5.13 Å². The Morgan fingerprint density at radius 1 is 1.29 bits per heavy atom. The fraction of sp³-hybridized carbons (Fsp3) is 0.625. The van der Waals surface area contributed by atoms with E-state index >= 15 is 0 Å². The van der Waals surface area contributed by atoms with Crippen LogP contribution in [0.15, 0.2) is 6.07 Å². The Balaban J connectivity index is 1.57. The second kappa shape index (κ2) is 6.59. The third-order valence-electron chi connectivity index (χ3n) is 4.44. The van der Waals surface area contributed by atoms with Crippen LogP contribution in [-0.4, -0.2) is 62.0 Å². The first-order valence-corrected chi connectivity index (χ1v) is 9.88. The first kappa shape index (κ1) is 16.3. The molecule has 2 aromatic rings. The SMILES string of the molecule is CN(C)c1nc2sc(C(=O)N3CCCC[C@@H]3C3OCCO3)cc2s1. The van der Waals surface area contributed by atoms with Crippen LogP contribution < -0.4 is 4.90 Å². The molecule has 2 aromatic heterocycles. The van der Waals surface area contributed by atoms with Crippen LogP contribution in [0.1, 0.15) is 28.9 Å². The fourth-order valence-electron chi connectivity index (χ4n) is 3.25. The van der Waals surface area contributed by atoms with Gasteiger partial charge in [0.25, 0.3) is 5.91 Å². The average molecular weight is 367 g/mol. The lowest BCUT2D eigenvalue weighted by Crippen LogP contribution is -2.50. The number of amides is 1. The normalized spacial score (nSPS) is 22.4. The number of fused-ring (bicyclic) bond motifs is 1. The Morgan fingerprint density at radius 2 is 2.08 bits per heavy atom. The molecule has 2 fully saturated rings. The zero-order valence-electron chi connectivity index (χ0n) is 13.9. The lowest BCUT2D eigenvalue weighted by Gasteiger charge is -2.37. The molecule has 0 radical (unpaired) electrons. The number of rotatable bonds is 3. The van der Waals surface area contributed by atoms with Crippen molar-refractivity contribution in [3.8, 4) is 0 Å². The van der Waals surface area contributed by atoms with Crippen molar-refractivity contribution in [1.29, 1.82) is 0 Å². The monoisotopic (exact) mass is 367 g/mol. The van der Waals surface area contributed by atoms with Crippen molar-refractivity contribution in [2.45, 2.75) is 31.6 Å². The topological polar surface area (TPSA) is 54.9 Å². The van der Waals surface area contributed by atoms with Gasteiger partial charge in [-0.1, -0.05) is 11.3 Å². The number of nitrogens with zero attached hydrogens (tertiary/aromatic N) is 3. The third kappa shape index (κ3) is 2.92. The standard InChI is InChI=1S/C16H21N3O3S2/c1-18(2)16-17-13-11(24-16)9-12(23-13)14(20)19-6-4-3-5-10(19)15-21-7-8-22-15/h9-10,15H,3-8H2,1-2H3/t10-/m1/s1. The summed E-state index contributed by atoms with van der Waals surface area (Å²) in [5.74, 6) is 0.0837. The number of carbonyl (C=O) groups excluding carboxylic acids is 1. The molecule has 4 rings (SSSR count). The summed E-state index contributed by atoms with van der Waals surface area (Å²) in [5.41, 5.74) is 0. The molecule has 1 atom stereocenters. The van der Waals surface area contributed by atoms with Gasteiger partial charge in [0, 0.05) is 20.6 Å². The van der Waals surface area contributed by atoms with Crippen LogP contribution in [0.3, 0.4) is 0 Å². The van der Waals surface area contributed by atoms with Crippen LogP contribution in [0, 0.1) is 0 Å². The molecule has 0 bridgehead atoms. The Labute approximate surface area is 149 Å². The number of hydrogen-bond acceptors (Lipinski definition) is 7. The lowest BCUT2D eigenvalue weighted by atomic mass is 10.0. The minimum absolute atomic E-state index is 0.0270. The zero-order chi connectivity index (χ0) is 16.7. The molecule has 2 aliphatic rings. The highest BCUT2D eigenvalue weighted by Crippen LogP contribution is 2.35. The summed E-state index contributed by atoms with van der Waals surface area (Å²) in [4.78, 5) is 23.3. The first-order valence-electron chi connectivity index (χ1n) is 8.25. The van der Waals surface area contributed by atoms with Crippen molar-refractivity contribution in [1.82, 2.24) is 9.88 Å². The van der Waals surface area contributed by atoms with E-state index in [2.05, 4.69) is 4.98 Å². The molecule has 0 N–H and O–H groups in total. The van der Waals surface area contributed by atoms with Crippen molar-refractivity contribution in [3.05, 3.63) is 10.9 Å². The van der Waals surface area contributed by atoms with E-state index in [-0.39, 0.29) is 18.2 Å². The van der Waals surface area contributed by atoms with Gasteiger partial charge in [-0.15, -0.1) is 11.3 Å². The predicted molar refractivity (Wildman–Crippen MR) is 96.2 cm³/mol. The number of aromatic nitrogens is 1. The van der Waals surface area contributed by atoms with E-state index in [9.17, 15) is 4.79 Å². The number of thiazole rings is 1. The van der Waals surface area contributed by atoms with Crippen LogP contribution in [0.2, 0.25) is 0 Å². The van der Waals surface area contributed by atoms with Gasteiger partial charge in [-0.25, -0.2) is 4.98 Å². The number of piperidine rings is 1. The maximum Gasteiger partial charge on any atom is 0.264 e. The number of carbonyl (C=O) groups is 1. The fourth-order valence-corrected chi connectivity index (χ4v) is 5.34. The Bertz CT molecular complexity index is 705. The zero-order valence-corrected chi connectivity index (χ0v) is 15.5. The van der Waals surface area contributed by atoms with E-state index in [4.69, 9.17) is 9.47 Å². The number of ether oxygens (including phenoxy) is 2. The van der Waals surface area contributed by atoms with E-state index in [0.717, 1.165) is 45.3 Å². The van der Waals surface area contributed by atoms with Gasteiger partial charge in [-0.2, -0.15) is 0 Å². The second-order valence-electron chi connectivity index (χ2n) is 6.34. The molecule has 24 heavy (non-hydrogen) atoms. The maximum absolute atomic E-state index is 13.0. The summed E-state index contributed by atoms with van der Waals surface area (Å²) in [6, 6.07) is 2.01. The van der Waals surface area contributed by atoms with Crippen molar-refractivity contribution in [3.63, 3.8) is 0 Å². The van der Waals surface area contributed by atoms with E-state index in [1.54, 1.807) is 11.3 Å². The molecule has 0 saturated carbocycles. The van der Waals surface area contributed by atoms with Crippen LogP contribution in [0.25, 0.3) is 9.53 Å². The van der Waals surface area contributed by atoms with Gasteiger partial charge in [0.1, 0.15) is 4.83 Å². The van der Waals surface area contributed by atoms with Crippen LogP contribution in [-0.2, 0) is 9.47 Å². The minimum Gasteiger partial charge on any atom is -0.354 e. The first-order chi connectivity index (χ1) is 11.6. The lowest BCUT2D eigenvalue weighted by molar-refractivity contribution is -0.100. The van der Waals surface area contributed by atoms with Crippen molar-refractivity contribution < 1.29 is 14.3 Å². The third-order valence-corrected chi connectivity index (χ3v) is 6.76. The van der Waals surface area contributed by atoms with E-state index in [1.807, 2.05) is 30.0 Å². The summed E-state index contributed by atoms with van der Waals surface area (Å²) < 4.78 is 12.4. The van der Waals surface area contributed by atoms with Gasteiger partial charge in [-0.3, -0.25) is 4.79 Å². The molecule has 130 valence electrons. The number of thiophene rings is 1. The molecule has 0 aliphatic carbocycles. The van der Waals surface area contributed by atoms with Gasteiger partial charge >= 0.3 is 0 Å². The summed E-state index contributed by atoms with van der Waals surface area (Å²) in [5, 5.41) is 0.971. The van der Waals surface area contributed by atoms with Crippen LogP contribution in [0.5, 0.6) is 0 Å². The highest BCUT2D eigenvalue weighted by molar-refractivity contribution is 7.29. The van der Waals surface area contributed by atoms with Gasteiger partial charge in [0.05, 0.1) is 28.8 Å². The van der Waals surface area contributed by atoms with E-state index in [1.165, 1.54) is 11.3 Å². The molecule has 8 heteroatoms. The molecule has 4 heterocycles. The summed E-state index contributed by atoms with van der Waals surface area (Å²) in [7, 11) is 3.96. The Morgan fingerprint density at radius 3 is 2.79 bits per heavy atom. The average Bonchev–Trinajstić information content (AvgIpc) is 3.29. The van der Waals surface area contributed by atoms with Crippen molar-refractivity contribution >= 4 is 43.2 Å². The number of anilines is 1. The van der Waals surface area contributed by atoms with Gasteiger partial charge in [0.15, 0.2) is 11.4 Å². The summed E-state index contributed by atoms with van der Waals surface area (Å²) in [6.07, 6.45) is 2.83. The molecule has 2 aliphatic heterocycles. The predicted octanol–water partition coefficient (Wildman–Crippen LogP) is 2.79. The Hall–Kier alpha value is -1.22. The quantitative estimate of drug-likeness (QED) is 0.835. The molecular formula is C16H21N3O3S2.